The maximum atomic E-state index is 12.1. The zero-order chi connectivity index (χ0) is 22.3. The molecule has 0 aliphatic carbocycles. The highest BCUT2D eigenvalue weighted by molar-refractivity contribution is 5.85. The molecular formula is C23H28N2O6. The lowest BCUT2D eigenvalue weighted by molar-refractivity contribution is -0.145. The molecule has 0 spiro atoms. The molecule has 0 aliphatic rings. The van der Waals surface area contributed by atoms with Gasteiger partial charge < -0.3 is 24.8 Å². The summed E-state index contributed by atoms with van der Waals surface area (Å²) in [6.07, 6.45) is 1.64. The molecule has 0 heterocycles. The zero-order valence-electron chi connectivity index (χ0n) is 17.5. The predicted octanol–water partition coefficient (Wildman–Crippen LogP) is 2.09. The molecule has 0 fully saturated rings. The number of nitrogens with one attached hydrogen (secondary N) is 2. The van der Waals surface area contributed by atoms with Gasteiger partial charge in [0.2, 0.25) is 0 Å². The van der Waals surface area contributed by atoms with E-state index in [0.29, 0.717) is 37.3 Å². The summed E-state index contributed by atoms with van der Waals surface area (Å²) < 4.78 is 15.5. The van der Waals surface area contributed by atoms with Gasteiger partial charge in [-0.15, -0.1) is 0 Å². The van der Waals surface area contributed by atoms with Crippen LogP contribution in [0.1, 0.15) is 19.3 Å². The second-order valence-corrected chi connectivity index (χ2v) is 6.69. The Balaban J connectivity index is 1.63. The fourth-order valence-corrected chi connectivity index (χ4v) is 2.71. The Hall–Kier alpha value is -3.55. The summed E-state index contributed by atoms with van der Waals surface area (Å²) in [6, 6.07) is 17.2. The summed E-state index contributed by atoms with van der Waals surface area (Å²) in [4.78, 5) is 35.9. The summed E-state index contributed by atoms with van der Waals surface area (Å²) in [5.41, 5.74) is 0. The molecule has 166 valence electrons. The standard InChI is InChI=1S/C23H28N2O6/c1-29-23(28)20(25-22(27)17-31-19-12-6-3-7-13-19)14-8-9-15-24-21(26)16-30-18-10-4-2-5-11-18/h2-7,10-13,20H,8-9,14-17H2,1H3,(H,24,26)(H,25,27)/t20-/m1/s1. The van der Waals surface area contributed by atoms with E-state index in [9.17, 15) is 14.4 Å². The minimum atomic E-state index is -0.769. The number of unbranched alkanes of at least 4 members (excludes halogenated alkanes) is 1. The number of rotatable bonds is 13. The molecular weight excluding hydrogens is 400 g/mol. The van der Waals surface area contributed by atoms with Gasteiger partial charge >= 0.3 is 5.97 Å². The molecule has 0 unspecified atom stereocenters. The smallest absolute Gasteiger partial charge is 0.328 e. The summed E-state index contributed by atoms with van der Waals surface area (Å²) in [5, 5.41) is 5.39. The molecule has 1 atom stereocenters. The molecule has 2 amide bonds. The van der Waals surface area contributed by atoms with Crippen molar-refractivity contribution in [1.29, 1.82) is 0 Å². The normalized spacial score (nSPS) is 11.1. The van der Waals surface area contributed by atoms with Gasteiger partial charge in [-0.2, -0.15) is 0 Å². The molecule has 8 nitrogen and oxygen atoms in total. The Bertz CT molecular complexity index is 813. The molecule has 0 radical (unpaired) electrons. The second kappa shape index (κ2) is 13.6. The first-order valence-corrected chi connectivity index (χ1v) is 10.1. The van der Waals surface area contributed by atoms with Crippen molar-refractivity contribution in [3.05, 3.63) is 60.7 Å². The van der Waals surface area contributed by atoms with Crippen LogP contribution >= 0.6 is 0 Å². The summed E-state index contributed by atoms with van der Waals surface area (Å²) in [7, 11) is 1.27. The number of amides is 2. The van der Waals surface area contributed by atoms with E-state index in [0.717, 1.165) is 0 Å². The third-order valence-corrected chi connectivity index (χ3v) is 4.29. The average Bonchev–Trinajstić information content (AvgIpc) is 2.81. The second-order valence-electron chi connectivity index (χ2n) is 6.69. The van der Waals surface area contributed by atoms with Crippen LogP contribution in [0.3, 0.4) is 0 Å². The average molecular weight is 428 g/mol. The molecule has 2 aromatic rings. The topological polar surface area (TPSA) is 103 Å². The van der Waals surface area contributed by atoms with Crippen molar-refractivity contribution in [2.75, 3.05) is 26.9 Å². The Kier molecular flexibility index (Phi) is 10.4. The number of esters is 1. The maximum Gasteiger partial charge on any atom is 0.328 e. The van der Waals surface area contributed by atoms with Crippen LogP contribution in [-0.4, -0.2) is 50.7 Å². The Morgan fingerprint density at radius 3 is 1.90 bits per heavy atom. The Labute approximate surface area is 181 Å². The van der Waals surface area contributed by atoms with Gasteiger partial charge in [0.05, 0.1) is 7.11 Å². The first-order valence-electron chi connectivity index (χ1n) is 10.1. The lowest BCUT2D eigenvalue weighted by Crippen LogP contribution is -2.43. The van der Waals surface area contributed by atoms with Crippen LogP contribution in [0.15, 0.2) is 60.7 Å². The van der Waals surface area contributed by atoms with Crippen LogP contribution in [0, 0.1) is 0 Å². The Morgan fingerprint density at radius 1 is 0.806 bits per heavy atom. The summed E-state index contributed by atoms with van der Waals surface area (Å²) in [5.74, 6) is 0.0449. The lowest BCUT2D eigenvalue weighted by Gasteiger charge is -2.17. The minimum Gasteiger partial charge on any atom is -0.484 e. The van der Waals surface area contributed by atoms with Crippen LogP contribution < -0.4 is 20.1 Å². The molecule has 0 aliphatic heterocycles. The molecule has 0 saturated heterocycles. The monoisotopic (exact) mass is 428 g/mol. The van der Waals surface area contributed by atoms with E-state index in [1.807, 2.05) is 24.3 Å². The highest BCUT2D eigenvalue weighted by Crippen LogP contribution is 2.09. The van der Waals surface area contributed by atoms with Crippen molar-refractivity contribution in [3.8, 4) is 11.5 Å². The van der Waals surface area contributed by atoms with Crippen molar-refractivity contribution in [2.45, 2.75) is 25.3 Å². The predicted molar refractivity (Wildman–Crippen MR) is 115 cm³/mol. The third-order valence-electron chi connectivity index (χ3n) is 4.29. The van der Waals surface area contributed by atoms with E-state index >= 15 is 0 Å². The van der Waals surface area contributed by atoms with E-state index < -0.39 is 17.9 Å². The van der Waals surface area contributed by atoms with Crippen molar-refractivity contribution in [1.82, 2.24) is 10.6 Å². The van der Waals surface area contributed by atoms with Gasteiger partial charge in [0.25, 0.3) is 11.8 Å². The van der Waals surface area contributed by atoms with Gasteiger partial charge in [-0.05, 0) is 43.5 Å². The molecule has 2 rings (SSSR count). The van der Waals surface area contributed by atoms with Crippen molar-refractivity contribution >= 4 is 17.8 Å². The highest BCUT2D eigenvalue weighted by atomic mass is 16.5. The quantitative estimate of drug-likeness (QED) is 0.374. The number of benzene rings is 2. The highest BCUT2D eigenvalue weighted by Gasteiger charge is 2.21. The largest absolute Gasteiger partial charge is 0.484 e. The SMILES string of the molecule is COC(=O)[C@@H](CCCCNC(=O)COc1ccccc1)NC(=O)COc1ccccc1. The third kappa shape index (κ3) is 9.66. The molecule has 8 heteroatoms. The number of carbonyl (C=O) groups is 3. The molecule has 2 N–H and O–H groups in total. The molecule has 0 aromatic heterocycles. The zero-order valence-corrected chi connectivity index (χ0v) is 17.5. The van der Waals surface area contributed by atoms with Crippen LogP contribution in [0.5, 0.6) is 11.5 Å². The molecule has 0 bridgehead atoms. The number of hydrogen-bond acceptors (Lipinski definition) is 6. The van der Waals surface area contributed by atoms with Gasteiger partial charge in [0.15, 0.2) is 13.2 Å². The molecule has 2 aromatic carbocycles. The van der Waals surface area contributed by atoms with E-state index in [1.165, 1.54) is 7.11 Å². The van der Waals surface area contributed by atoms with Gasteiger partial charge in [-0.3, -0.25) is 9.59 Å². The molecule has 0 saturated carbocycles. The lowest BCUT2D eigenvalue weighted by atomic mass is 10.1. The van der Waals surface area contributed by atoms with E-state index in [1.54, 1.807) is 36.4 Å². The first kappa shape index (κ1) is 23.7. The summed E-state index contributed by atoms with van der Waals surface area (Å²) >= 11 is 0. The number of ether oxygens (including phenoxy) is 3. The van der Waals surface area contributed by atoms with Gasteiger partial charge in [-0.1, -0.05) is 36.4 Å². The van der Waals surface area contributed by atoms with E-state index in [2.05, 4.69) is 10.6 Å². The van der Waals surface area contributed by atoms with E-state index in [4.69, 9.17) is 14.2 Å². The van der Waals surface area contributed by atoms with Crippen LogP contribution in [0.4, 0.5) is 0 Å². The number of carbonyl (C=O) groups excluding carboxylic acids is 3. The molecule has 31 heavy (non-hydrogen) atoms. The van der Waals surface area contributed by atoms with Crippen LogP contribution in [0.2, 0.25) is 0 Å². The van der Waals surface area contributed by atoms with Crippen LogP contribution in [-0.2, 0) is 19.1 Å². The minimum absolute atomic E-state index is 0.0632. The van der Waals surface area contributed by atoms with Gasteiger partial charge in [0, 0.05) is 6.54 Å². The number of para-hydroxylation sites is 2. The number of hydrogen-bond donors (Lipinski definition) is 2. The van der Waals surface area contributed by atoms with E-state index in [-0.39, 0.29) is 19.1 Å². The van der Waals surface area contributed by atoms with Crippen molar-refractivity contribution < 1.29 is 28.6 Å². The fraction of sp³-hybridized carbons (Fsp3) is 0.348. The van der Waals surface area contributed by atoms with Crippen molar-refractivity contribution in [3.63, 3.8) is 0 Å². The summed E-state index contributed by atoms with van der Waals surface area (Å²) in [6.45, 7) is 0.178. The first-order chi connectivity index (χ1) is 15.1. The number of methoxy groups -OCH3 is 1. The maximum absolute atomic E-state index is 12.1. The van der Waals surface area contributed by atoms with Gasteiger partial charge in [-0.25, -0.2) is 4.79 Å². The fourth-order valence-electron chi connectivity index (χ4n) is 2.71. The van der Waals surface area contributed by atoms with Gasteiger partial charge in [0.1, 0.15) is 17.5 Å². The Morgan fingerprint density at radius 2 is 1.35 bits per heavy atom. The van der Waals surface area contributed by atoms with Crippen molar-refractivity contribution in [2.24, 2.45) is 0 Å². The van der Waals surface area contributed by atoms with Crippen LogP contribution in [0.25, 0.3) is 0 Å².